The molecule has 4 rings (SSSR count). The molecule has 4 aromatic rings. The van der Waals surface area contributed by atoms with Crippen LogP contribution in [0.5, 0.6) is 0 Å². The highest BCUT2D eigenvalue weighted by molar-refractivity contribution is 7.99. The van der Waals surface area contributed by atoms with Crippen molar-refractivity contribution >= 4 is 34.4 Å². The van der Waals surface area contributed by atoms with Crippen molar-refractivity contribution in [1.82, 2.24) is 18.9 Å². The number of hydrogen-bond donors (Lipinski definition) is 1. The number of para-hydroxylation sites is 3. The van der Waals surface area contributed by atoms with Crippen LogP contribution in [0.4, 0.5) is 5.69 Å². The van der Waals surface area contributed by atoms with Crippen LogP contribution in [0, 0.1) is 6.92 Å². The maximum atomic E-state index is 12.9. The third-order valence-electron chi connectivity index (χ3n) is 5.09. The van der Waals surface area contributed by atoms with Crippen LogP contribution in [0.25, 0.3) is 16.7 Å². The van der Waals surface area contributed by atoms with E-state index in [0.29, 0.717) is 11.4 Å². The number of imidazole rings is 1. The molecule has 2 aromatic heterocycles. The number of thioether (sulfide) groups is 1. The average molecular weight is 422 g/mol. The first-order valence-corrected chi connectivity index (χ1v) is 10.7. The normalized spacial score (nSPS) is 11.2. The van der Waals surface area contributed by atoms with Crippen molar-refractivity contribution in [3.63, 3.8) is 0 Å². The molecular weight excluding hydrogens is 398 g/mol. The van der Waals surface area contributed by atoms with Gasteiger partial charge in [-0.25, -0.2) is 9.67 Å². The van der Waals surface area contributed by atoms with E-state index in [0.717, 1.165) is 28.4 Å². The molecule has 30 heavy (non-hydrogen) atoms. The van der Waals surface area contributed by atoms with Gasteiger partial charge in [-0.1, -0.05) is 42.1 Å². The van der Waals surface area contributed by atoms with Gasteiger partial charge in [-0.15, -0.1) is 0 Å². The maximum absolute atomic E-state index is 12.9. The molecule has 0 unspecified atom stereocenters. The summed E-state index contributed by atoms with van der Waals surface area (Å²) in [5, 5.41) is 3.59. The lowest BCUT2D eigenvalue weighted by atomic mass is 10.3. The molecule has 1 N–H and O–H groups in total. The van der Waals surface area contributed by atoms with Crippen LogP contribution in [-0.2, 0) is 18.4 Å². The standard InChI is InChI=1S/C22H23N5O2S/c1-4-26-18-13-9-8-12-17(18)23-22(26)30-14-19(28)24-20-15(2)25(3)27(21(20)29)16-10-6-5-7-11-16/h5-13H,4,14H2,1-3H3,(H,24,28). The number of aromatic nitrogens is 4. The Bertz CT molecular complexity index is 1270. The van der Waals surface area contributed by atoms with Gasteiger partial charge in [0, 0.05) is 13.6 Å². The Labute approximate surface area is 178 Å². The van der Waals surface area contributed by atoms with Gasteiger partial charge >= 0.3 is 0 Å². The van der Waals surface area contributed by atoms with Crippen molar-refractivity contribution < 1.29 is 4.79 Å². The predicted octanol–water partition coefficient (Wildman–Crippen LogP) is 3.58. The summed E-state index contributed by atoms with van der Waals surface area (Å²) in [7, 11) is 1.80. The van der Waals surface area contributed by atoms with E-state index in [1.807, 2.05) is 61.5 Å². The first kappa shape index (κ1) is 20.0. The molecule has 1 amide bonds. The van der Waals surface area contributed by atoms with E-state index >= 15 is 0 Å². The number of hydrogen-bond acceptors (Lipinski definition) is 4. The average Bonchev–Trinajstić information content (AvgIpc) is 3.22. The molecule has 0 bridgehead atoms. The van der Waals surface area contributed by atoms with Crippen molar-refractivity contribution in [3.05, 3.63) is 70.6 Å². The molecule has 0 spiro atoms. The minimum absolute atomic E-state index is 0.169. The smallest absolute Gasteiger partial charge is 0.295 e. The third-order valence-corrected chi connectivity index (χ3v) is 6.06. The summed E-state index contributed by atoms with van der Waals surface area (Å²) in [4.78, 5) is 30.2. The lowest BCUT2D eigenvalue weighted by molar-refractivity contribution is -0.113. The number of nitrogens with one attached hydrogen (secondary N) is 1. The summed E-state index contributed by atoms with van der Waals surface area (Å²) in [5.41, 5.74) is 3.46. The van der Waals surface area contributed by atoms with Gasteiger partial charge in [-0.3, -0.25) is 14.3 Å². The van der Waals surface area contributed by atoms with Crippen molar-refractivity contribution in [2.75, 3.05) is 11.1 Å². The summed E-state index contributed by atoms with van der Waals surface area (Å²) in [5.74, 6) is -0.0664. The first-order chi connectivity index (χ1) is 14.5. The maximum Gasteiger partial charge on any atom is 0.295 e. The summed E-state index contributed by atoms with van der Waals surface area (Å²) in [6, 6.07) is 17.3. The van der Waals surface area contributed by atoms with Crippen molar-refractivity contribution in [2.45, 2.75) is 25.5 Å². The minimum Gasteiger partial charge on any atom is -0.319 e. The Balaban J connectivity index is 1.54. The molecule has 0 fully saturated rings. The molecule has 0 atom stereocenters. The van der Waals surface area contributed by atoms with Gasteiger partial charge in [0.15, 0.2) is 5.16 Å². The number of carbonyl (C=O) groups is 1. The Morgan fingerprint density at radius 1 is 1.10 bits per heavy atom. The molecule has 2 aromatic carbocycles. The van der Waals surface area contributed by atoms with Crippen molar-refractivity contribution in [1.29, 1.82) is 0 Å². The fourth-order valence-electron chi connectivity index (χ4n) is 3.49. The van der Waals surface area contributed by atoms with Crippen LogP contribution in [0.15, 0.2) is 64.5 Å². The zero-order valence-corrected chi connectivity index (χ0v) is 17.9. The Morgan fingerprint density at radius 3 is 2.53 bits per heavy atom. The minimum atomic E-state index is -0.250. The third kappa shape index (κ3) is 3.54. The number of benzene rings is 2. The summed E-state index contributed by atoms with van der Waals surface area (Å²) in [6.45, 7) is 4.64. The van der Waals surface area contributed by atoms with Crippen LogP contribution in [-0.4, -0.2) is 30.6 Å². The van der Waals surface area contributed by atoms with Gasteiger partial charge in [0.1, 0.15) is 5.69 Å². The Kier molecular flexibility index (Phi) is 5.50. The highest BCUT2D eigenvalue weighted by Crippen LogP contribution is 2.24. The number of aryl methyl sites for hydroxylation is 1. The number of nitrogens with zero attached hydrogens (tertiary/aromatic N) is 4. The van der Waals surface area contributed by atoms with E-state index in [9.17, 15) is 9.59 Å². The van der Waals surface area contributed by atoms with Crippen LogP contribution in [0.1, 0.15) is 12.6 Å². The molecule has 0 aliphatic heterocycles. The van der Waals surface area contributed by atoms with Crippen LogP contribution < -0.4 is 10.9 Å². The lowest BCUT2D eigenvalue weighted by Gasteiger charge is -2.07. The molecule has 2 heterocycles. The molecule has 0 saturated heterocycles. The topological polar surface area (TPSA) is 73.8 Å². The second-order valence-corrected chi connectivity index (χ2v) is 7.84. The van der Waals surface area contributed by atoms with Gasteiger partial charge in [-0.05, 0) is 38.1 Å². The molecule has 0 radical (unpaired) electrons. The second kappa shape index (κ2) is 8.23. The monoisotopic (exact) mass is 421 g/mol. The van der Waals surface area contributed by atoms with E-state index in [1.165, 1.54) is 11.8 Å². The Hall–Kier alpha value is -3.26. The first-order valence-electron chi connectivity index (χ1n) is 9.73. The molecule has 0 saturated carbocycles. The number of anilines is 1. The largest absolute Gasteiger partial charge is 0.319 e. The van der Waals surface area contributed by atoms with Gasteiger partial charge < -0.3 is 9.88 Å². The number of carbonyl (C=O) groups excluding carboxylic acids is 1. The lowest BCUT2D eigenvalue weighted by Crippen LogP contribution is -2.23. The van der Waals surface area contributed by atoms with Gasteiger partial charge in [-0.2, -0.15) is 0 Å². The number of rotatable bonds is 6. The number of amides is 1. The zero-order valence-electron chi connectivity index (χ0n) is 17.1. The molecule has 0 aliphatic rings. The Morgan fingerprint density at radius 2 is 1.80 bits per heavy atom. The van der Waals surface area contributed by atoms with E-state index in [-0.39, 0.29) is 17.2 Å². The van der Waals surface area contributed by atoms with Crippen LogP contribution >= 0.6 is 11.8 Å². The van der Waals surface area contributed by atoms with Gasteiger partial charge in [0.25, 0.3) is 5.56 Å². The highest BCUT2D eigenvalue weighted by Gasteiger charge is 2.19. The van der Waals surface area contributed by atoms with E-state index in [4.69, 9.17) is 0 Å². The van der Waals surface area contributed by atoms with E-state index in [2.05, 4.69) is 21.8 Å². The predicted molar refractivity (Wildman–Crippen MR) is 121 cm³/mol. The summed E-state index contributed by atoms with van der Waals surface area (Å²) in [6.07, 6.45) is 0. The number of fused-ring (bicyclic) bond motifs is 1. The molecule has 154 valence electrons. The fraction of sp³-hybridized carbons (Fsp3) is 0.227. The van der Waals surface area contributed by atoms with Gasteiger partial charge in [0.2, 0.25) is 5.91 Å². The van der Waals surface area contributed by atoms with Gasteiger partial charge in [0.05, 0.1) is 28.2 Å². The molecular formula is C22H23N5O2S. The fourth-order valence-corrected chi connectivity index (χ4v) is 4.37. The molecule has 0 aliphatic carbocycles. The van der Waals surface area contributed by atoms with E-state index in [1.54, 1.807) is 16.4 Å². The van der Waals surface area contributed by atoms with Crippen molar-refractivity contribution in [2.24, 2.45) is 7.05 Å². The highest BCUT2D eigenvalue weighted by atomic mass is 32.2. The quantitative estimate of drug-likeness (QED) is 0.483. The molecule has 7 nitrogen and oxygen atoms in total. The summed E-state index contributed by atoms with van der Waals surface area (Å²) < 4.78 is 5.38. The zero-order chi connectivity index (χ0) is 21.3. The van der Waals surface area contributed by atoms with Crippen molar-refractivity contribution in [3.8, 4) is 5.69 Å². The SMILES string of the molecule is CCn1c(SCC(=O)Nc2c(C)n(C)n(-c3ccccc3)c2=O)nc2ccccc21. The van der Waals surface area contributed by atoms with Crippen LogP contribution in [0.2, 0.25) is 0 Å². The second-order valence-electron chi connectivity index (χ2n) is 6.90. The van der Waals surface area contributed by atoms with E-state index < -0.39 is 0 Å². The van der Waals surface area contributed by atoms with Crippen LogP contribution in [0.3, 0.4) is 0 Å². The molecule has 8 heteroatoms. The summed E-state index contributed by atoms with van der Waals surface area (Å²) >= 11 is 1.37.